The first-order valence-corrected chi connectivity index (χ1v) is 5.63. The molecule has 0 fully saturated rings. The number of esters is 1. The maximum absolute atomic E-state index is 11.2. The Morgan fingerprint density at radius 2 is 2.22 bits per heavy atom. The van der Waals surface area contributed by atoms with Gasteiger partial charge in [-0.2, -0.15) is 0 Å². The summed E-state index contributed by atoms with van der Waals surface area (Å²) in [5.74, 6) is 0.438. The van der Waals surface area contributed by atoms with Crippen LogP contribution in [0.4, 0.5) is 0 Å². The third kappa shape index (κ3) is 2.31. The minimum Gasteiger partial charge on any atom is -0.497 e. The van der Waals surface area contributed by atoms with Crippen LogP contribution < -0.4 is 10.5 Å². The fraction of sp³-hybridized carbons (Fsp3) is 0.308. The second-order valence-corrected chi connectivity index (χ2v) is 4.04. The van der Waals surface area contributed by atoms with Gasteiger partial charge in [0.1, 0.15) is 5.75 Å². The van der Waals surface area contributed by atoms with Gasteiger partial charge in [-0.15, -0.1) is 0 Å². The molecule has 1 atom stereocenters. The number of ether oxygens (including phenoxy) is 2. The van der Waals surface area contributed by atoms with Gasteiger partial charge < -0.3 is 20.2 Å². The molecule has 1 aromatic heterocycles. The number of aromatic amines is 1. The molecule has 96 valence electrons. The van der Waals surface area contributed by atoms with Crippen molar-refractivity contribution >= 4 is 16.9 Å². The van der Waals surface area contributed by atoms with Crippen LogP contribution in [0.5, 0.6) is 5.75 Å². The van der Waals surface area contributed by atoms with Crippen LogP contribution in [-0.4, -0.2) is 25.2 Å². The van der Waals surface area contributed by atoms with E-state index in [0.717, 1.165) is 22.2 Å². The zero-order valence-electron chi connectivity index (χ0n) is 10.4. The van der Waals surface area contributed by atoms with Crippen molar-refractivity contribution < 1.29 is 14.3 Å². The molecule has 1 aromatic carbocycles. The zero-order chi connectivity index (χ0) is 13.1. The molecule has 0 spiro atoms. The van der Waals surface area contributed by atoms with Crippen molar-refractivity contribution in [2.24, 2.45) is 5.73 Å². The van der Waals surface area contributed by atoms with E-state index < -0.39 is 6.04 Å². The van der Waals surface area contributed by atoms with Gasteiger partial charge in [-0.3, -0.25) is 4.79 Å². The van der Waals surface area contributed by atoms with Gasteiger partial charge in [0.25, 0.3) is 0 Å². The third-order valence-corrected chi connectivity index (χ3v) is 2.93. The summed E-state index contributed by atoms with van der Waals surface area (Å²) >= 11 is 0. The Hall–Kier alpha value is -2.01. The molecule has 2 aromatic rings. The molecule has 0 aliphatic heterocycles. The summed E-state index contributed by atoms with van der Waals surface area (Å²) in [7, 11) is 2.97. The van der Waals surface area contributed by atoms with E-state index in [0.29, 0.717) is 0 Å². The van der Waals surface area contributed by atoms with E-state index in [4.69, 9.17) is 10.5 Å². The SMILES string of the molecule is COC(=O)C[C@H](N)c1c[nH]c2ccc(OC)cc12. The highest BCUT2D eigenvalue weighted by Crippen LogP contribution is 2.28. The van der Waals surface area contributed by atoms with Crippen LogP contribution in [0, 0.1) is 0 Å². The van der Waals surface area contributed by atoms with E-state index in [2.05, 4.69) is 9.72 Å². The normalized spacial score (nSPS) is 12.4. The lowest BCUT2D eigenvalue weighted by Crippen LogP contribution is -2.15. The number of benzene rings is 1. The average Bonchev–Trinajstić information content (AvgIpc) is 2.81. The molecular formula is C13H16N2O3. The Kier molecular flexibility index (Phi) is 3.53. The van der Waals surface area contributed by atoms with Crippen LogP contribution in [0.25, 0.3) is 10.9 Å². The zero-order valence-corrected chi connectivity index (χ0v) is 10.4. The number of fused-ring (bicyclic) bond motifs is 1. The number of H-pyrrole nitrogens is 1. The smallest absolute Gasteiger partial charge is 0.307 e. The summed E-state index contributed by atoms with van der Waals surface area (Å²) in [6.45, 7) is 0. The van der Waals surface area contributed by atoms with Crippen molar-refractivity contribution in [1.82, 2.24) is 4.98 Å². The summed E-state index contributed by atoms with van der Waals surface area (Å²) in [6.07, 6.45) is 1.97. The molecule has 0 saturated heterocycles. The van der Waals surface area contributed by atoms with E-state index in [1.807, 2.05) is 24.4 Å². The van der Waals surface area contributed by atoms with Gasteiger partial charge in [-0.05, 0) is 23.8 Å². The van der Waals surface area contributed by atoms with E-state index in [1.165, 1.54) is 7.11 Å². The van der Waals surface area contributed by atoms with E-state index >= 15 is 0 Å². The maximum Gasteiger partial charge on any atom is 0.307 e. The highest BCUT2D eigenvalue weighted by molar-refractivity contribution is 5.85. The van der Waals surface area contributed by atoms with Crippen LogP contribution in [0.2, 0.25) is 0 Å². The Morgan fingerprint density at radius 1 is 1.44 bits per heavy atom. The van der Waals surface area contributed by atoms with Crippen molar-refractivity contribution in [3.05, 3.63) is 30.0 Å². The molecule has 0 amide bonds. The molecule has 0 unspecified atom stereocenters. The Bertz CT molecular complexity index is 562. The quantitative estimate of drug-likeness (QED) is 0.808. The molecule has 0 radical (unpaired) electrons. The lowest BCUT2D eigenvalue weighted by molar-refractivity contribution is -0.141. The summed E-state index contributed by atoms with van der Waals surface area (Å²) in [5, 5.41) is 0.964. The van der Waals surface area contributed by atoms with Crippen LogP contribution in [0.3, 0.4) is 0 Å². The molecule has 5 nitrogen and oxygen atoms in total. The van der Waals surface area contributed by atoms with Crippen LogP contribution in [0.1, 0.15) is 18.0 Å². The van der Waals surface area contributed by atoms with Gasteiger partial charge in [-0.1, -0.05) is 0 Å². The molecule has 5 heteroatoms. The lowest BCUT2D eigenvalue weighted by Gasteiger charge is -2.09. The number of aromatic nitrogens is 1. The number of rotatable bonds is 4. The number of hydrogen-bond acceptors (Lipinski definition) is 4. The Balaban J connectivity index is 2.35. The van der Waals surface area contributed by atoms with Gasteiger partial charge in [0.2, 0.25) is 0 Å². The van der Waals surface area contributed by atoms with Gasteiger partial charge >= 0.3 is 5.97 Å². The molecule has 1 heterocycles. The minimum absolute atomic E-state index is 0.153. The van der Waals surface area contributed by atoms with Gasteiger partial charge in [-0.25, -0.2) is 0 Å². The van der Waals surface area contributed by atoms with Crippen molar-refractivity contribution in [2.75, 3.05) is 14.2 Å². The molecule has 0 aliphatic carbocycles. The van der Waals surface area contributed by atoms with Gasteiger partial charge in [0.05, 0.1) is 20.6 Å². The highest BCUT2D eigenvalue weighted by atomic mass is 16.5. The molecular weight excluding hydrogens is 232 g/mol. The van der Waals surface area contributed by atoms with Gasteiger partial charge in [0, 0.05) is 23.1 Å². The van der Waals surface area contributed by atoms with Crippen LogP contribution >= 0.6 is 0 Å². The Labute approximate surface area is 105 Å². The van der Waals surface area contributed by atoms with Crippen LogP contribution in [0.15, 0.2) is 24.4 Å². The van der Waals surface area contributed by atoms with Crippen molar-refractivity contribution in [1.29, 1.82) is 0 Å². The average molecular weight is 248 g/mol. The molecule has 0 aliphatic rings. The van der Waals surface area contributed by atoms with E-state index in [-0.39, 0.29) is 12.4 Å². The minimum atomic E-state index is -0.390. The Morgan fingerprint density at radius 3 is 2.89 bits per heavy atom. The lowest BCUT2D eigenvalue weighted by atomic mass is 10.0. The fourth-order valence-corrected chi connectivity index (χ4v) is 1.93. The van der Waals surface area contributed by atoms with Crippen molar-refractivity contribution in [3.63, 3.8) is 0 Å². The summed E-state index contributed by atoms with van der Waals surface area (Å²) in [6, 6.07) is 5.30. The van der Waals surface area contributed by atoms with Crippen molar-refractivity contribution in [3.8, 4) is 5.75 Å². The monoisotopic (exact) mass is 248 g/mol. The standard InChI is InChI=1S/C13H16N2O3/c1-17-8-3-4-12-9(5-8)10(7-15-12)11(14)6-13(16)18-2/h3-5,7,11,15H,6,14H2,1-2H3/t11-/m0/s1. The summed E-state index contributed by atoms with van der Waals surface area (Å²) in [4.78, 5) is 14.4. The van der Waals surface area contributed by atoms with Crippen LogP contribution in [-0.2, 0) is 9.53 Å². The molecule has 2 rings (SSSR count). The second-order valence-electron chi connectivity index (χ2n) is 4.04. The second kappa shape index (κ2) is 5.10. The first-order valence-electron chi connectivity index (χ1n) is 5.63. The number of methoxy groups -OCH3 is 2. The van der Waals surface area contributed by atoms with Gasteiger partial charge in [0.15, 0.2) is 0 Å². The maximum atomic E-state index is 11.2. The summed E-state index contributed by atoms with van der Waals surface area (Å²) in [5.41, 5.74) is 7.86. The predicted octanol–water partition coefficient (Wildman–Crippen LogP) is 1.74. The fourth-order valence-electron chi connectivity index (χ4n) is 1.93. The first kappa shape index (κ1) is 12.4. The summed E-state index contributed by atoms with van der Waals surface area (Å²) < 4.78 is 9.80. The predicted molar refractivity (Wildman–Crippen MR) is 68.4 cm³/mol. The molecule has 18 heavy (non-hydrogen) atoms. The number of nitrogens with two attached hydrogens (primary N) is 1. The van der Waals surface area contributed by atoms with Crippen molar-refractivity contribution in [2.45, 2.75) is 12.5 Å². The van der Waals surface area contributed by atoms with E-state index in [1.54, 1.807) is 7.11 Å². The number of carbonyl (C=O) groups excluding carboxylic acids is 1. The number of nitrogens with one attached hydrogen (secondary N) is 1. The number of carbonyl (C=O) groups is 1. The largest absolute Gasteiger partial charge is 0.497 e. The topological polar surface area (TPSA) is 77.3 Å². The molecule has 3 N–H and O–H groups in total. The molecule has 0 saturated carbocycles. The first-order chi connectivity index (χ1) is 8.65. The highest BCUT2D eigenvalue weighted by Gasteiger charge is 2.16. The van der Waals surface area contributed by atoms with E-state index in [9.17, 15) is 4.79 Å². The number of hydrogen-bond donors (Lipinski definition) is 2. The molecule has 0 bridgehead atoms. The third-order valence-electron chi connectivity index (χ3n) is 2.93.